The predicted octanol–water partition coefficient (Wildman–Crippen LogP) is 2.74. The van der Waals surface area contributed by atoms with Gasteiger partial charge in [0, 0.05) is 12.6 Å². The fourth-order valence-electron chi connectivity index (χ4n) is 1.91. The third-order valence-electron chi connectivity index (χ3n) is 3.31. The Bertz CT molecular complexity index is 132. The maximum Gasteiger partial charge on any atom is 0.00619 e. The first-order chi connectivity index (χ1) is 7.13. The van der Waals surface area contributed by atoms with Gasteiger partial charge >= 0.3 is 0 Å². The summed E-state index contributed by atoms with van der Waals surface area (Å²) in [5.41, 5.74) is 0. The summed E-state index contributed by atoms with van der Waals surface area (Å²) in [5, 5.41) is 3.36. The summed E-state index contributed by atoms with van der Waals surface area (Å²) < 4.78 is 0. The molecular formula is C13H30N2. The number of nitrogens with one attached hydrogen (secondary N) is 1. The molecule has 2 heteroatoms. The van der Waals surface area contributed by atoms with E-state index in [-0.39, 0.29) is 0 Å². The maximum atomic E-state index is 3.36. The molecule has 2 unspecified atom stereocenters. The minimum absolute atomic E-state index is 0.710. The van der Waals surface area contributed by atoms with Crippen molar-refractivity contribution < 1.29 is 0 Å². The topological polar surface area (TPSA) is 15.3 Å². The Hall–Kier alpha value is -0.0800. The van der Waals surface area contributed by atoms with Gasteiger partial charge in [-0.25, -0.2) is 0 Å². The van der Waals surface area contributed by atoms with Crippen LogP contribution in [0.3, 0.4) is 0 Å². The van der Waals surface area contributed by atoms with Gasteiger partial charge in [0.2, 0.25) is 0 Å². The first kappa shape index (κ1) is 14.9. The van der Waals surface area contributed by atoms with E-state index >= 15 is 0 Å². The van der Waals surface area contributed by atoms with Gasteiger partial charge in [-0.2, -0.15) is 0 Å². The van der Waals surface area contributed by atoms with Crippen LogP contribution in [0.25, 0.3) is 0 Å². The normalized spacial score (nSPS) is 15.6. The summed E-state index contributed by atoms with van der Waals surface area (Å²) in [6.07, 6.45) is 5.15. The van der Waals surface area contributed by atoms with Crippen molar-refractivity contribution in [2.45, 2.75) is 52.5 Å². The highest BCUT2D eigenvalue weighted by Crippen LogP contribution is 2.05. The van der Waals surface area contributed by atoms with Crippen LogP contribution in [0.15, 0.2) is 0 Å². The lowest BCUT2D eigenvalue weighted by Gasteiger charge is -2.21. The number of hydrogen-bond acceptors (Lipinski definition) is 2. The van der Waals surface area contributed by atoms with E-state index in [9.17, 15) is 0 Å². The Labute approximate surface area is 96.4 Å². The molecule has 0 aromatic rings. The first-order valence-electron chi connectivity index (χ1n) is 6.49. The molecule has 15 heavy (non-hydrogen) atoms. The Morgan fingerprint density at radius 2 is 1.87 bits per heavy atom. The Morgan fingerprint density at radius 1 is 1.20 bits per heavy atom. The van der Waals surface area contributed by atoms with Crippen LogP contribution < -0.4 is 5.32 Å². The molecule has 0 saturated carbocycles. The van der Waals surface area contributed by atoms with Gasteiger partial charge in [-0.15, -0.1) is 0 Å². The lowest BCUT2D eigenvalue weighted by atomic mass is 10.1. The van der Waals surface area contributed by atoms with Crippen molar-refractivity contribution in [2.75, 3.05) is 27.2 Å². The SMILES string of the molecule is CCC(C)CN(C)CCCC(CC)NC. The van der Waals surface area contributed by atoms with Gasteiger partial charge in [0.05, 0.1) is 0 Å². The quantitative estimate of drug-likeness (QED) is 0.635. The molecule has 0 aliphatic heterocycles. The molecule has 0 amide bonds. The maximum absolute atomic E-state index is 3.36. The van der Waals surface area contributed by atoms with Gasteiger partial charge in [0.1, 0.15) is 0 Å². The summed E-state index contributed by atoms with van der Waals surface area (Å²) >= 11 is 0. The zero-order valence-corrected chi connectivity index (χ0v) is 11.3. The van der Waals surface area contributed by atoms with Gasteiger partial charge in [-0.05, 0) is 45.8 Å². The monoisotopic (exact) mass is 214 g/mol. The molecule has 2 nitrogen and oxygen atoms in total. The molecular weight excluding hydrogens is 184 g/mol. The van der Waals surface area contributed by atoms with E-state index in [0.29, 0.717) is 6.04 Å². The standard InChI is InChI=1S/C13H30N2/c1-6-12(3)11-15(5)10-8-9-13(7-2)14-4/h12-14H,6-11H2,1-5H3. The van der Waals surface area contributed by atoms with E-state index in [1.807, 2.05) is 0 Å². The third-order valence-corrected chi connectivity index (χ3v) is 3.31. The van der Waals surface area contributed by atoms with Crippen LogP contribution in [0.4, 0.5) is 0 Å². The molecule has 0 aliphatic carbocycles. The van der Waals surface area contributed by atoms with E-state index in [2.05, 4.69) is 45.1 Å². The second-order valence-electron chi connectivity index (χ2n) is 4.81. The molecule has 0 saturated heterocycles. The van der Waals surface area contributed by atoms with Crippen LogP contribution in [0, 0.1) is 5.92 Å². The largest absolute Gasteiger partial charge is 0.317 e. The van der Waals surface area contributed by atoms with Crippen LogP contribution in [0.2, 0.25) is 0 Å². The van der Waals surface area contributed by atoms with E-state index < -0.39 is 0 Å². The summed E-state index contributed by atoms with van der Waals surface area (Å²) in [5.74, 6) is 0.835. The summed E-state index contributed by atoms with van der Waals surface area (Å²) in [7, 11) is 4.31. The van der Waals surface area contributed by atoms with Crippen LogP contribution in [0.5, 0.6) is 0 Å². The predicted molar refractivity (Wildman–Crippen MR) is 69.3 cm³/mol. The Balaban J connectivity index is 3.49. The van der Waals surface area contributed by atoms with Gasteiger partial charge < -0.3 is 10.2 Å². The van der Waals surface area contributed by atoms with Gasteiger partial charge in [0.25, 0.3) is 0 Å². The number of hydrogen-bond donors (Lipinski definition) is 1. The molecule has 0 aliphatic rings. The van der Waals surface area contributed by atoms with Crippen molar-refractivity contribution in [3.8, 4) is 0 Å². The molecule has 0 aromatic heterocycles. The van der Waals surface area contributed by atoms with Crippen molar-refractivity contribution in [3.05, 3.63) is 0 Å². The highest BCUT2D eigenvalue weighted by Gasteiger charge is 2.06. The molecule has 0 aromatic carbocycles. The summed E-state index contributed by atoms with van der Waals surface area (Å²) in [4.78, 5) is 2.47. The van der Waals surface area contributed by atoms with E-state index in [4.69, 9.17) is 0 Å². The van der Waals surface area contributed by atoms with Crippen LogP contribution >= 0.6 is 0 Å². The van der Waals surface area contributed by atoms with Crippen LogP contribution in [-0.4, -0.2) is 38.1 Å². The fraction of sp³-hybridized carbons (Fsp3) is 1.00. The second kappa shape index (κ2) is 9.17. The van der Waals surface area contributed by atoms with Gasteiger partial charge in [-0.3, -0.25) is 0 Å². The average molecular weight is 214 g/mol. The molecule has 0 fully saturated rings. The minimum atomic E-state index is 0.710. The highest BCUT2D eigenvalue weighted by molar-refractivity contribution is 4.64. The third kappa shape index (κ3) is 7.80. The van der Waals surface area contributed by atoms with Crippen molar-refractivity contribution in [1.82, 2.24) is 10.2 Å². The first-order valence-corrected chi connectivity index (χ1v) is 6.49. The number of rotatable bonds is 9. The zero-order valence-electron chi connectivity index (χ0n) is 11.3. The van der Waals surface area contributed by atoms with Gasteiger partial charge in [-0.1, -0.05) is 27.2 Å². The van der Waals surface area contributed by atoms with E-state index in [1.54, 1.807) is 0 Å². The van der Waals surface area contributed by atoms with Crippen molar-refractivity contribution in [3.63, 3.8) is 0 Å². The van der Waals surface area contributed by atoms with Crippen molar-refractivity contribution in [1.29, 1.82) is 0 Å². The van der Waals surface area contributed by atoms with Gasteiger partial charge in [0.15, 0.2) is 0 Å². The van der Waals surface area contributed by atoms with Crippen molar-refractivity contribution >= 4 is 0 Å². The Morgan fingerprint density at radius 3 is 2.33 bits per heavy atom. The average Bonchev–Trinajstić information content (AvgIpc) is 2.24. The van der Waals surface area contributed by atoms with Crippen LogP contribution in [0.1, 0.15) is 46.5 Å². The highest BCUT2D eigenvalue weighted by atomic mass is 15.1. The zero-order chi connectivity index (χ0) is 11.7. The van der Waals surface area contributed by atoms with Crippen molar-refractivity contribution in [2.24, 2.45) is 5.92 Å². The van der Waals surface area contributed by atoms with E-state index in [1.165, 1.54) is 38.8 Å². The summed E-state index contributed by atoms with van der Waals surface area (Å²) in [6.45, 7) is 9.34. The molecule has 0 heterocycles. The molecule has 0 radical (unpaired) electrons. The molecule has 0 spiro atoms. The fourth-order valence-corrected chi connectivity index (χ4v) is 1.91. The Kier molecular flexibility index (Phi) is 9.12. The molecule has 1 N–H and O–H groups in total. The van der Waals surface area contributed by atoms with Crippen LogP contribution in [-0.2, 0) is 0 Å². The molecule has 0 rings (SSSR count). The number of nitrogens with zero attached hydrogens (tertiary/aromatic N) is 1. The van der Waals surface area contributed by atoms with E-state index in [0.717, 1.165) is 5.92 Å². The molecule has 92 valence electrons. The lowest BCUT2D eigenvalue weighted by molar-refractivity contribution is 0.272. The second-order valence-corrected chi connectivity index (χ2v) is 4.81. The molecule has 2 atom stereocenters. The smallest absolute Gasteiger partial charge is 0.00619 e. The molecule has 0 bridgehead atoms. The lowest BCUT2D eigenvalue weighted by Crippen LogP contribution is -2.28. The minimum Gasteiger partial charge on any atom is -0.317 e. The summed E-state index contributed by atoms with van der Waals surface area (Å²) in [6, 6.07) is 0.710.